The zero-order valence-corrected chi connectivity index (χ0v) is 11.6. The lowest BCUT2D eigenvalue weighted by molar-refractivity contribution is -0.116. The molecule has 0 aliphatic carbocycles. The van der Waals surface area contributed by atoms with Crippen LogP contribution in [0.25, 0.3) is 0 Å². The number of ether oxygens (including phenoxy) is 1. The highest BCUT2D eigenvalue weighted by Crippen LogP contribution is 2.29. The third kappa shape index (κ3) is 2.63. The van der Waals surface area contributed by atoms with Crippen LogP contribution in [0.15, 0.2) is 42.5 Å². The van der Waals surface area contributed by atoms with Crippen LogP contribution in [0.4, 0.5) is 11.4 Å². The van der Waals surface area contributed by atoms with E-state index in [1.807, 2.05) is 24.3 Å². The Morgan fingerprint density at radius 2 is 2.14 bits per heavy atom. The fourth-order valence-corrected chi connectivity index (χ4v) is 2.45. The quantitative estimate of drug-likeness (QED) is 0.809. The molecule has 0 saturated carbocycles. The first-order valence-corrected chi connectivity index (χ1v) is 6.69. The van der Waals surface area contributed by atoms with Crippen LogP contribution in [0.2, 0.25) is 0 Å². The predicted octanol–water partition coefficient (Wildman–Crippen LogP) is 2.38. The highest BCUT2D eigenvalue weighted by Gasteiger charge is 2.26. The monoisotopic (exact) mass is 284 g/mol. The number of methoxy groups -OCH3 is 1. The number of aromatic hydroxyl groups is 1. The average molecular weight is 284 g/mol. The van der Waals surface area contributed by atoms with Crippen LogP contribution in [0, 0.1) is 0 Å². The Labute approximate surface area is 122 Å². The number of benzene rings is 2. The number of carbonyl (C=O) groups is 1. The molecule has 5 heteroatoms. The molecule has 0 fully saturated rings. The Balaban J connectivity index is 1.69. The van der Waals surface area contributed by atoms with Crippen molar-refractivity contribution < 1.29 is 14.6 Å². The van der Waals surface area contributed by atoms with E-state index in [0.717, 1.165) is 11.3 Å². The third-order valence-electron chi connectivity index (χ3n) is 3.53. The van der Waals surface area contributed by atoms with E-state index in [4.69, 9.17) is 4.74 Å². The number of carbonyl (C=O) groups excluding carboxylic acids is 1. The summed E-state index contributed by atoms with van der Waals surface area (Å²) in [6.07, 6.45) is 0.657. The van der Waals surface area contributed by atoms with E-state index >= 15 is 0 Å². The van der Waals surface area contributed by atoms with Crippen LogP contribution < -0.4 is 15.4 Å². The molecule has 2 aromatic rings. The molecule has 0 bridgehead atoms. The summed E-state index contributed by atoms with van der Waals surface area (Å²) in [5.74, 6) is 0.244. The molecule has 21 heavy (non-hydrogen) atoms. The van der Waals surface area contributed by atoms with Crippen LogP contribution in [0.3, 0.4) is 0 Å². The number of fused-ring (bicyclic) bond motifs is 1. The summed E-state index contributed by atoms with van der Waals surface area (Å²) in [5, 5.41) is 15.7. The highest BCUT2D eigenvalue weighted by atomic mass is 16.5. The summed E-state index contributed by atoms with van der Waals surface area (Å²) < 4.78 is 4.97. The van der Waals surface area contributed by atoms with Gasteiger partial charge in [-0.25, -0.2) is 0 Å². The number of anilines is 2. The van der Waals surface area contributed by atoms with Crippen molar-refractivity contribution in [1.29, 1.82) is 0 Å². The van der Waals surface area contributed by atoms with Crippen LogP contribution in [0.1, 0.15) is 5.56 Å². The molecule has 0 saturated heterocycles. The fraction of sp³-hybridized carbons (Fsp3) is 0.188. The van der Waals surface area contributed by atoms with E-state index in [0.29, 0.717) is 17.9 Å². The second kappa shape index (κ2) is 5.36. The van der Waals surface area contributed by atoms with Crippen LogP contribution in [-0.4, -0.2) is 24.2 Å². The Kier molecular flexibility index (Phi) is 3.39. The lowest BCUT2D eigenvalue weighted by atomic mass is 10.1. The summed E-state index contributed by atoms with van der Waals surface area (Å²) in [6.45, 7) is 0. The largest absolute Gasteiger partial charge is 0.504 e. The first-order valence-electron chi connectivity index (χ1n) is 6.69. The van der Waals surface area contributed by atoms with E-state index in [-0.39, 0.29) is 17.7 Å². The second-order valence-corrected chi connectivity index (χ2v) is 4.93. The summed E-state index contributed by atoms with van der Waals surface area (Å²) >= 11 is 0. The minimum atomic E-state index is -0.299. The van der Waals surface area contributed by atoms with Crippen molar-refractivity contribution in [2.45, 2.75) is 12.5 Å². The van der Waals surface area contributed by atoms with E-state index in [1.165, 1.54) is 13.2 Å². The third-order valence-corrected chi connectivity index (χ3v) is 3.53. The fourth-order valence-electron chi connectivity index (χ4n) is 2.45. The lowest BCUT2D eigenvalue weighted by Crippen LogP contribution is -2.32. The van der Waals surface area contributed by atoms with Gasteiger partial charge in [0.2, 0.25) is 5.91 Å². The molecule has 0 unspecified atom stereocenters. The van der Waals surface area contributed by atoms with E-state index in [9.17, 15) is 9.90 Å². The van der Waals surface area contributed by atoms with Gasteiger partial charge in [0.25, 0.3) is 0 Å². The Hall–Kier alpha value is -2.69. The maximum absolute atomic E-state index is 12.3. The standard InChI is InChI=1S/C16H16N2O3/c1-21-15-7-6-11(9-14(15)19)17-16(20)13-8-10-4-2-3-5-12(10)18-13/h2-7,9,13,18-19H,8H2,1H3,(H,17,20)/t13-/m0/s1. The smallest absolute Gasteiger partial charge is 0.247 e. The molecule has 3 N–H and O–H groups in total. The number of para-hydroxylation sites is 1. The molecule has 108 valence electrons. The van der Waals surface area contributed by atoms with E-state index in [1.54, 1.807) is 12.1 Å². The number of phenols is 1. The molecule has 1 heterocycles. The molecule has 1 amide bonds. The van der Waals surface area contributed by atoms with Gasteiger partial charge in [-0.05, 0) is 23.8 Å². The Morgan fingerprint density at radius 1 is 1.33 bits per heavy atom. The van der Waals surface area contributed by atoms with Crippen molar-refractivity contribution in [2.24, 2.45) is 0 Å². The summed E-state index contributed by atoms with van der Waals surface area (Å²) in [5.41, 5.74) is 2.67. The van der Waals surface area contributed by atoms with Gasteiger partial charge in [0.15, 0.2) is 11.5 Å². The summed E-state index contributed by atoms with van der Waals surface area (Å²) in [4.78, 5) is 12.3. The Bertz CT molecular complexity index is 660. The molecule has 1 aliphatic rings. The molecular formula is C16H16N2O3. The van der Waals surface area contributed by atoms with Crippen LogP contribution >= 0.6 is 0 Å². The van der Waals surface area contributed by atoms with Gasteiger partial charge < -0.3 is 20.5 Å². The SMILES string of the molecule is COc1ccc(NC(=O)[C@@H]2Cc3ccccc3N2)cc1O. The first kappa shape index (κ1) is 13.3. The van der Waals surface area contributed by atoms with Gasteiger partial charge in [-0.2, -0.15) is 0 Å². The highest BCUT2D eigenvalue weighted by molar-refractivity contribution is 5.98. The minimum Gasteiger partial charge on any atom is -0.504 e. The van der Waals surface area contributed by atoms with Crippen LogP contribution in [-0.2, 0) is 11.2 Å². The molecule has 1 atom stereocenters. The van der Waals surface area contributed by atoms with Crippen molar-refractivity contribution >= 4 is 17.3 Å². The van der Waals surface area contributed by atoms with Crippen molar-refractivity contribution in [3.05, 3.63) is 48.0 Å². The zero-order chi connectivity index (χ0) is 14.8. The zero-order valence-electron chi connectivity index (χ0n) is 11.6. The maximum atomic E-state index is 12.3. The Morgan fingerprint density at radius 3 is 2.86 bits per heavy atom. The van der Waals surface area contributed by atoms with Crippen molar-refractivity contribution in [3.63, 3.8) is 0 Å². The van der Waals surface area contributed by atoms with Crippen molar-refractivity contribution in [1.82, 2.24) is 0 Å². The maximum Gasteiger partial charge on any atom is 0.247 e. The molecule has 5 nitrogen and oxygen atoms in total. The number of hydrogen-bond acceptors (Lipinski definition) is 4. The van der Waals surface area contributed by atoms with Crippen molar-refractivity contribution in [2.75, 3.05) is 17.7 Å². The van der Waals surface area contributed by atoms with Gasteiger partial charge in [0, 0.05) is 23.9 Å². The topological polar surface area (TPSA) is 70.6 Å². The molecule has 1 aliphatic heterocycles. The molecule has 0 radical (unpaired) electrons. The molecule has 0 aromatic heterocycles. The molecular weight excluding hydrogens is 268 g/mol. The normalized spacial score (nSPS) is 16.0. The molecule has 2 aromatic carbocycles. The molecule has 3 rings (SSSR count). The first-order chi connectivity index (χ1) is 10.2. The van der Waals surface area contributed by atoms with E-state index < -0.39 is 0 Å². The summed E-state index contributed by atoms with van der Waals surface area (Å²) in [6, 6.07) is 12.3. The average Bonchev–Trinajstić information content (AvgIpc) is 2.91. The van der Waals surface area contributed by atoms with Gasteiger partial charge in [-0.15, -0.1) is 0 Å². The van der Waals surface area contributed by atoms with Crippen molar-refractivity contribution in [3.8, 4) is 11.5 Å². The summed E-state index contributed by atoms with van der Waals surface area (Å²) in [7, 11) is 1.48. The molecule has 0 spiro atoms. The number of amides is 1. The van der Waals surface area contributed by atoms with Gasteiger partial charge in [-0.3, -0.25) is 4.79 Å². The number of phenolic OH excluding ortho intramolecular Hbond substituents is 1. The van der Waals surface area contributed by atoms with E-state index in [2.05, 4.69) is 10.6 Å². The van der Waals surface area contributed by atoms with Gasteiger partial charge >= 0.3 is 0 Å². The lowest BCUT2D eigenvalue weighted by Gasteiger charge is -2.13. The minimum absolute atomic E-state index is 0.00188. The second-order valence-electron chi connectivity index (χ2n) is 4.93. The number of nitrogens with one attached hydrogen (secondary N) is 2. The number of hydrogen-bond donors (Lipinski definition) is 3. The number of rotatable bonds is 3. The van der Waals surface area contributed by atoms with Gasteiger partial charge in [-0.1, -0.05) is 18.2 Å². The van der Waals surface area contributed by atoms with Crippen LogP contribution in [0.5, 0.6) is 11.5 Å². The van der Waals surface area contributed by atoms with Gasteiger partial charge in [0.1, 0.15) is 6.04 Å². The van der Waals surface area contributed by atoms with Gasteiger partial charge in [0.05, 0.1) is 7.11 Å². The predicted molar refractivity (Wildman–Crippen MR) is 80.8 cm³/mol.